The normalized spacial score (nSPS) is 13.4. The second kappa shape index (κ2) is 6.38. The number of fused-ring (bicyclic) bond motifs is 4. The predicted molar refractivity (Wildman–Crippen MR) is 117 cm³/mol. The zero-order valence-corrected chi connectivity index (χ0v) is 15.8. The first-order valence-electron chi connectivity index (χ1n) is 9.79. The highest BCUT2D eigenvalue weighted by Crippen LogP contribution is 2.35. The van der Waals surface area contributed by atoms with Crippen molar-refractivity contribution in [2.24, 2.45) is 0 Å². The average Bonchev–Trinajstić information content (AvgIpc) is 3.23. The van der Waals surface area contributed by atoms with Gasteiger partial charge in [-0.25, -0.2) is 4.98 Å². The van der Waals surface area contributed by atoms with Crippen molar-refractivity contribution in [2.45, 2.75) is 6.54 Å². The summed E-state index contributed by atoms with van der Waals surface area (Å²) >= 11 is 0. The largest absolute Gasteiger partial charge is 0.473 e. The van der Waals surface area contributed by atoms with Crippen LogP contribution in [0.3, 0.4) is 0 Å². The summed E-state index contributed by atoms with van der Waals surface area (Å²) in [5, 5.41) is 2.50. The van der Waals surface area contributed by atoms with E-state index in [-0.39, 0.29) is 0 Å². The number of rotatable bonds is 2. The Labute approximate surface area is 168 Å². The number of para-hydroxylation sites is 2. The van der Waals surface area contributed by atoms with Crippen molar-refractivity contribution in [3.05, 3.63) is 90.5 Å². The fourth-order valence-electron chi connectivity index (χ4n) is 4.10. The Hall–Kier alpha value is -3.79. The number of ether oxygens (including phenoxy) is 1. The van der Waals surface area contributed by atoms with Gasteiger partial charge in [0.2, 0.25) is 0 Å². The van der Waals surface area contributed by atoms with E-state index in [0.29, 0.717) is 6.73 Å². The van der Waals surface area contributed by atoms with Crippen molar-refractivity contribution in [1.29, 1.82) is 0 Å². The van der Waals surface area contributed by atoms with Crippen molar-refractivity contribution in [1.82, 2.24) is 9.97 Å². The van der Waals surface area contributed by atoms with Gasteiger partial charge >= 0.3 is 0 Å². The number of imidazole rings is 1. The number of hydrogen-bond donors (Lipinski definition) is 1. The van der Waals surface area contributed by atoms with Crippen LogP contribution in [0.15, 0.2) is 84.9 Å². The third kappa shape index (κ3) is 2.72. The van der Waals surface area contributed by atoms with Crippen LogP contribution < -0.4 is 9.64 Å². The molecular formula is C25H19N3O. The summed E-state index contributed by atoms with van der Waals surface area (Å²) < 4.78 is 6.09. The Balaban J connectivity index is 1.38. The van der Waals surface area contributed by atoms with Gasteiger partial charge < -0.3 is 14.6 Å². The highest BCUT2D eigenvalue weighted by atomic mass is 16.5. The van der Waals surface area contributed by atoms with Gasteiger partial charge in [0.05, 0.1) is 17.6 Å². The molecule has 0 fully saturated rings. The molecule has 0 unspecified atom stereocenters. The van der Waals surface area contributed by atoms with Crippen LogP contribution in [0.1, 0.15) is 5.56 Å². The summed E-state index contributed by atoms with van der Waals surface area (Å²) in [6, 6.07) is 29.3. The molecule has 0 saturated carbocycles. The van der Waals surface area contributed by atoms with Crippen molar-refractivity contribution < 1.29 is 4.74 Å². The molecule has 5 aromatic rings. The van der Waals surface area contributed by atoms with Gasteiger partial charge in [0, 0.05) is 16.8 Å². The minimum Gasteiger partial charge on any atom is -0.473 e. The lowest BCUT2D eigenvalue weighted by Gasteiger charge is -2.31. The molecule has 1 aromatic heterocycles. The summed E-state index contributed by atoms with van der Waals surface area (Å²) in [4.78, 5) is 10.4. The molecule has 4 aromatic carbocycles. The lowest BCUT2D eigenvalue weighted by atomic mass is 10.0. The SMILES string of the molecule is c1cc(-c2nc3ccccc3[nH]2)cc(N2COc3ccc4ccccc4c3C2)c1. The monoisotopic (exact) mass is 377 g/mol. The molecular weight excluding hydrogens is 358 g/mol. The van der Waals surface area contributed by atoms with Crippen LogP contribution in [-0.4, -0.2) is 16.7 Å². The molecule has 0 radical (unpaired) electrons. The lowest BCUT2D eigenvalue weighted by molar-refractivity contribution is 0.290. The minimum atomic E-state index is 0.537. The highest BCUT2D eigenvalue weighted by molar-refractivity contribution is 5.88. The summed E-state index contributed by atoms with van der Waals surface area (Å²) in [5.74, 6) is 1.87. The molecule has 0 spiro atoms. The standard InChI is InChI=1S/C25H19N3O/c1-2-9-20-17(6-1)12-13-24-21(20)15-28(16-29-24)19-8-5-7-18(14-19)25-26-22-10-3-4-11-23(22)27-25/h1-14H,15-16H2,(H,26,27). The first kappa shape index (κ1) is 16.2. The molecule has 4 nitrogen and oxygen atoms in total. The number of benzene rings is 4. The van der Waals surface area contributed by atoms with Crippen LogP contribution in [0.2, 0.25) is 0 Å². The van der Waals surface area contributed by atoms with Gasteiger partial charge in [0.15, 0.2) is 6.73 Å². The van der Waals surface area contributed by atoms with E-state index < -0.39 is 0 Å². The number of anilines is 1. The minimum absolute atomic E-state index is 0.537. The van der Waals surface area contributed by atoms with Crippen LogP contribution >= 0.6 is 0 Å². The summed E-state index contributed by atoms with van der Waals surface area (Å²) in [5.41, 5.74) is 5.47. The van der Waals surface area contributed by atoms with Crippen molar-refractivity contribution in [3.8, 4) is 17.1 Å². The molecule has 0 amide bonds. The number of H-pyrrole nitrogens is 1. The third-order valence-electron chi connectivity index (χ3n) is 5.60. The number of nitrogens with zero attached hydrogens (tertiary/aromatic N) is 2. The van der Waals surface area contributed by atoms with Gasteiger partial charge in [-0.2, -0.15) is 0 Å². The Bertz CT molecular complexity index is 1320. The number of aromatic nitrogens is 2. The first-order valence-corrected chi connectivity index (χ1v) is 9.79. The van der Waals surface area contributed by atoms with Crippen LogP contribution in [0.5, 0.6) is 5.75 Å². The summed E-state index contributed by atoms with van der Waals surface area (Å²) in [6.45, 7) is 1.36. The molecule has 0 aliphatic carbocycles. The van der Waals surface area contributed by atoms with E-state index in [2.05, 4.69) is 76.6 Å². The summed E-state index contributed by atoms with van der Waals surface area (Å²) in [6.07, 6.45) is 0. The number of hydrogen-bond acceptors (Lipinski definition) is 3. The number of aromatic amines is 1. The van der Waals surface area contributed by atoms with Crippen LogP contribution in [0.4, 0.5) is 5.69 Å². The molecule has 1 aliphatic heterocycles. The van der Waals surface area contributed by atoms with Gasteiger partial charge in [-0.3, -0.25) is 0 Å². The maximum Gasteiger partial charge on any atom is 0.161 e. The van der Waals surface area contributed by atoms with Gasteiger partial charge in [-0.05, 0) is 41.1 Å². The van der Waals surface area contributed by atoms with E-state index in [4.69, 9.17) is 9.72 Å². The molecule has 0 atom stereocenters. The predicted octanol–water partition coefficient (Wildman–Crippen LogP) is 5.74. The van der Waals surface area contributed by atoms with Crippen molar-refractivity contribution >= 4 is 27.5 Å². The Morgan fingerprint density at radius 1 is 0.862 bits per heavy atom. The highest BCUT2D eigenvalue weighted by Gasteiger charge is 2.20. The smallest absolute Gasteiger partial charge is 0.161 e. The molecule has 6 rings (SSSR count). The average molecular weight is 377 g/mol. The maximum absolute atomic E-state index is 6.09. The zero-order valence-electron chi connectivity index (χ0n) is 15.8. The van der Waals surface area contributed by atoms with E-state index in [9.17, 15) is 0 Å². The second-order valence-corrected chi connectivity index (χ2v) is 7.39. The van der Waals surface area contributed by atoms with Gasteiger partial charge in [0.25, 0.3) is 0 Å². The Morgan fingerprint density at radius 2 is 1.76 bits per heavy atom. The molecule has 1 N–H and O–H groups in total. The third-order valence-corrected chi connectivity index (χ3v) is 5.60. The fourth-order valence-corrected chi connectivity index (χ4v) is 4.10. The van der Waals surface area contributed by atoms with Crippen LogP contribution in [0, 0.1) is 0 Å². The molecule has 2 heterocycles. The van der Waals surface area contributed by atoms with E-state index in [0.717, 1.165) is 40.4 Å². The van der Waals surface area contributed by atoms with Crippen molar-refractivity contribution in [2.75, 3.05) is 11.6 Å². The molecule has 1 aliphatic rings. The maximum atomic E-state index is 6.09. The van der Waals surface area contributed by atoms with Crippen LogP contribution in [-0.2, 0) is 6.54 Å². The van der Waals surface area contributed by atoms with E-state index in [1.807, 2.05) is 18.2 Å². The molecule has 0 saturated heterocycles. The van der Waals surface area contributed by atoms with E-state index >= 15 is 0 Å². The molecule has 4 heteroatoms. The Kier molecular flexibility index (Phi) is 3.56. The van der Waals surface area contributed by atoms with E-state index in [1.165, 1.54) is 16.3 Å². The van der Waals surface area contributed by atoms with Crippen LogP contribution in [0.25, 0.3) is 33.2 Å². The van der Waals surface area contributed by atoms with Gasteiger partial charge in [-0.15, -0.1) is 0 Å². The molecule has 0 bridgehead atoms. The lowest BCUT2D eigenvalue weighted by Crippen LogP contribution is -2.31. The van der Waals surface area contributed by atoms with Crippen molar-refractivity contribution in [3.63, 3.8) is 0 Å². The fraction of sp³-hybridized carbons (Fsp3) is 0.0800. The summed E-state index contributed by atoms with van der Waals surface area (Å²) in [7, 11) is 0. The quantitative estimate of drug-likeness (QED) is 0.426. The molecule has 29 heavy (non-hydrogen) atoms. The Morgan fingerprint density at radius 3 is 2.72 bits per heavy atom. The first-order chi connectivity index (χ1) is 14.3. The molecule has 140 valence electrons. The zero-order chi connectivity index (χ0) is 19.2. The topological polar surface area (TPSA) is 41.2 Å². The van der Waals surface area contributed by atoms with E-state index in [1.54, 1.807) is 0 Å². The van der Waals surface area contributed by atoms with Gasteiger partial charge in [0.1, 0.15) is 11.6 Å². The number of nitrogens with one attached hydrogen (secondary N) is 1. The van der Waals surface area contributed by atoms with Gasteiger partial charge in [-0.1, -0.05) is 54.6 Å². The second-order valence-electron chi connectivity index (χ2n) is 7.39.